The maximum absolute atomic E-state index is 8.00. The van der Waals surface area contributed by atoms with Gasteiger partial charge in [-0.05, 0) is 85.8 Å². The summed E-state index contributed by atoms with van der Waals surface area (Å²) in [5, 5.41) is 0. The van der Waals surface area contributed by atoms with Crippen LogP contribution in [0.15, 0.2) is 0 Å². The van der Waals surface area contributed by atoms with Crippen molar-refractivity contribution >= 4 is 13.6 Å². The fourth-order valence-electron chi connectivity index (χ4n) is 2.88. The van der Waals surface area contributed by atoms with Crippen LogP contribution in [0.25, 0.3) is 0 Å². The summed E-state index contributed by atoms with van der Waals surface area (Å²) in [5.74, 6) is 0. The highest BCUT2D eigenvalue weighted by Gasteiger charge is 2.16. The van der Waals surface area contributed by atoms with Crippen LogP contribution in [0.1, 0.15) is 81.3 Å². The van der Waals surface area contributed by atoms with Crippen molar-refractivity contribution in [1.82, 2.24) is 0 Å². The molecule has 0 heterocycles. The highest BCUT2D eigenvalue weighted by molar-refractivity contribution is 5.50. The lowest BCUT2D eigenvalue weighted by Gasteiger charge is -2.23. The standard InChI is InChI=1S/C18H30.C2H6.2CH2O/c1-9-16-13(3)12(2)14(4)17(15(16)5)10-11-18(6,7)8;3*1-2/h9-11H2,1-8H3;1-2H3;2*1H2. The van der Waals surface area contributed by atoms with E-state index in [4.69, 9.17) is 9.59 Å². The number of carbonyl (C=O) groups is 2. The van der Waals surface area contributed by atoms with E-state index < -0.39 is 0 Å². The molecule has 0 aliphatic rings. The molecule has 1 aromatic carbocycles. The van der Waals surface area contributed by atoms with E-state index in [1.165, 1.54) is 29.5 Å². The molecular formula is C22H40O2. The average molecular weight is 337 g/mol. The Hall–Kier alpha value is -1.44. The average Bonchev–Trinajstić information content (AvgIpc) is 2.58. The quantitative estimate of drug-likeness (QED) is 0.666. The fourth-order valence-corrected chi connectivity index (χ4v) is 2.88. The van der Waals surface area contributed by atoms with Crippen molar-refractivity contribution in [2.45, 2.75) is 88.5 Å². The normalized spacial score (nSPS) is 9.58. The Balaban J connectivity index is -0.000000659. The van der Waals surface area contributed by atoms with Gasteiger partial charge in [0.2, 0.25) is 0 Å². The van der Waals surface area contributed by atoms with Crippen LogP contribution in [-0.4, -0.2) is 13.6 Å². The molecule has 140 valence electrons. The molecule has 0 saturated carbocycles. The summed E-state index contributed by atoms with van der Waals surface area (Å²) in [4.78, 5) is 16.0. The van der Waals surface area contributed by atoms with Gasteiger partial charge in [-0.3, -0.25) is 0 Å². The van der Waals surface area contributed by atoms with Gasteiger partial charge in [0, 0.05) is 0 Å². The van der Waals surface area contributed by atoms with Crippen LogP contribution >= 0.6 is 0 Å². The van der Waals surface area contributed by atoms with Crippen molar-refractivity contribution in [3.63, 3.8) is 0 Å². The van der Waals surface area contributed by atoms with Gasteiger partial charge in [-0.1, -0.05) is 41.5 Å². The first-order valence-corrected chi connectivity index (χ1v) is 8.85. The Kier molecular flexibility index (Phi) is 15.9. The minimum absolute atomic E-state index is 0.421. The monoisotopic (exact) mass is 336 g/mol. The van der Waals surface area contributed by atoms with Gasteiger partial charge in [0.15, 0.2) is 0 Å². The minimum Gasteiger partial charge on any atom is -0.307 e. The third kappa shape index (κ3) is 8.42. The zero-order valence-electron chi connectivity index (χ0n) is 17.9. The Labute approximate surface area is 151 Å². The zero-order valence-corrected chi connectivity index (χ0v) is 17.9. The van der Waals surface area contributed by atoms with E-state index in [9.17, 15) is 0 Å². The van der Waals surface area contributed by atoms with E-state index in [1.807, 2.05) is 27.4 Å². The lowest BCUT2D eigenvalue weighted by molar-refractivity contribution is -0.0987. The number of carbonyl (C=O) groups excluding carboxylic acids is 2. The van der Waals surface area contributed by atoms with E-state index >= 15 is 0 Å². The van der Waals surface area contributed by atoms with Crippen molar-refractivity contribution in [2.24, 2.45) is 5.41 Å². The largest absolute Gasteiger partial charge is 0.307 e. The molecule has 0 unspecified atom stereocenters. The van der Waals surface area contributed by atoms with E-state index in [-0.39, 0.29) is 0 Å². The first-order valence-electron chi connectivity index (χ1n) is 8.85. The lowest BCUT2D eigenvalue weighted by Crippen LogP contribution is -2.10. The summed E-state index contributed by atoms with van der Waals surface area (Å²) >= 11 is 0. The van der Waals surface area contributed by atoms with Gasteiger partial charge in [-0.2, -0.15) is 0 Å². The first-order chi connectivity index (χ1) is 11.2. The van der Waals surface area contributed by atoms with Crippen LogP contribution in [0.3, 0.4) is 0 Å². The third-order valence-corrected chi connectivity index (χ3v) is 4.41. The van der Waals surface area contributed by atoms with Gasteiger partial charge < -0.3 is 9.59 Å². The van der Waals surface area contributed by atoms with Crippen LogP contribution in [0.2, 0.25) is 0 Å². The second-order valence-electron chi connectivity index (χ2n) is 6.87. The second-order valence-corrected chi connectivity index (χ2v) is 6.87. The van der Waals surface area contributed by atoms with Crippen molar-refractivity contribution in [3.8, 4) is 0 Å². The van der Waals surface area contributed by atoms with Gasteiger partial charge in [0.25, 0.3) is 0 Å². The maximum atomic E-state index is 8.00. The molecule has 0 saturated heterocycles. The van der Waals surface area contributed by atoms with Gasteiger partial charge in [0.1, 0.15) is 13.6 Å². The van der Waals surface area contributed by atoms with E-state index in [0.29, 0.717) is 5.41 Å². The zero-order chi connectivity index (χ0) is 20.1. The number of rotatable bonds is 3. The predicted molar refractivity (Wildman–Crippen MR) is 108 cm³/mol. The van der Waals surface area contributed by atoms with Crippen LogP contribution < -0.4 is 0 Å². The molecule has 0 fully saturated rings. The molecule has 0 bridgehead atoms. The van der Waals surface area contributed by atoms with E-state index in [2.05, 4.69) is 55.4 Å². The van der Waals surface area contributed by atoms with Crippen molar-refractivity contribution in [3.05, 3.63) is 33.4 Å². The molecule has 2 nitrogen and oxygen atoms in total. The van der Waals surface area contributed by atoms with E-state index in [0.717, 1.165) is 6.42 Å². The van der Waals surface area contributed by atoms with Crippen LogP contribution in [0, 0.1) is 33.1 Å². The molecule has 2 heteroatoms. The summed E-state index contributed by atoms with van der Waals surface area (Å²) < 4.78 is 0. The molecule has 0 aromatic heterocycles. The van der Waals surface area contributed by atoms with Gasteiger partial charge >= 0.3 is 0 Å². The Morgan fingerprint density at radius 1 is 0.708 bits per heavy atom. The summed E-state index contributed by atoms with van der Waals surface area (Å²) in [6.45, 7) is 26.4. The summed E-state index contributed by atoms with van der Waals surface area (Å²) in [6, 6.07) is 0. The molecule has 0 atom stereocenters. The van der Waals surface area contributed by atoms with Crippen molar-refractivity contribution < 1.29 is 9.59 Å². The lowest BCUT2D eigenvalue weighted by atomic mass is 9.82. The van der Waals surface area contributed by atoms with Crippen molar-refractivity contribution in [2.75, 3.05) is 0 Å². The van der Waals surface area contributed by atoms with Gasteiger partial charge in [-0.25, -0.2) is 0 Å². The molecule has 0 radical (unpaired) electrons. The number of hydrogen-bond donors (Lipinski definition) is 0. The molecule has 24 heavy (non-hydrogen) atoms. The second kappa shape index (κ2) is 13.9. The van der Waals surface area contributed by atoms with Crippen molar-refractivity contribution in [1.29, 1.82) is 0 Å². The molecule has 0 aliphatic heterocycles. The van der Waals surface area contributed by atoms with Gasteiger partial charge in [-0.15, -0.1) is 0 Å². The molecule has 0 N–H and O–H groups in total. The van der Waals surface area contributed by atoms with Crippen LogP contribution in [-0.2, 0) is 22.4 Å². The number of hydrogen-bond acceptors (Lipinski definition) is 2. The molecule has 0 amide bonds. The summed E-state index contributed by atoms with van der Waals surface area (Å²) in [5.41, 5.74) is 9.67. The fraction of sp³-hybridized carbons (Fsp3) is 0.636. The summed E-state index contributed by atoms with van der Waals surface area (Å²) in [7, 11) is 0. The topological polar surface area (TPSA) is 34.1 Å². The molecule has 0 spiro atoms. The van der Waals surface area contributed by atoms with Crippen LogP contribution in [0.4, 0.5) is 0 Å². The number of benzene rings is 1. The van der Waals surface area contributed by atoms with Gasteiger partial charge in [0.05, 0.1) is 0 Å². The Morgan fingerprint density at radius 3 is 1.42 bits per heavy atom. The smallest absolute Gasteiger partial charge is 0.106 e. The maximum Gasteiger partial charge on any atom is 0.106 e. The highest BCUT2D eigenvalue weighted by atomic mass is 16.1. The minimum atomic E-state index is 0.421. The van der Waals surface area contributed by atoms with Crippen LogP contribution in [0.5, 0.6) is 0 Å². The molecule has 1 rings (SSSR count). The first kappa shape index (κ1) is 27.4. The Morgan fingerprint density at radius 2 is 1.08 bits per heavy atom. The molecule has 0 aliphatic carbocycles. The van der Waals surface area contributed by atoms with E-state index in [1.54, 1.807) is 16.7 Å². The SMILES string of the molecule is C=O.C=O.CC.CCc1c(C)c(C)c(C)c(CCC(C)(C)C)c1C. The predicted octanol–water partition coefficient (Wildman–Crippen LogP) is 6.12. The Bertz CT molecular complexity index is 466. The summed E-state index contributed by atoms with van der Waals surface area (Å²) in [6.07, 6.45) is 3.64. The third-order valence-electron chi connectivity index (χ3n) is 4.41. The molecular weight excluding hydrogens is 296 g/mol. The molecule has 1 aromatic rings. The highest BCUT2D eigenvalue weighted by Crippen LogP contribution is 2.30.